The largest absolute Gasteiger partial charge is 0.393 e. The predicted molar refractivity (Wildman–Crippen MR) is 106 cm³/mol. The minimum absolute atomic E-state index is 0. The second kappa shape index (κ2) is 9.40. The summed E-state index contributed by atoms with van der Waals surface area (Å²) in [7, 11) is 0. The number of aliphatic hydroxyl groups excluding tert-OH is 2. The first kappa shape index (κ1) is 20.6. The van der Waals surface area contributed by atoms with Crippen LogP contribution in [-0.4, -0.2) is 27.4 Å². The molecule has 0 saturated heterocycles. The van der Waals surface area contributed by atoms with E-state index < -0.39 is 0 Å². The molecule has 0 bridgehead atoms. The third kappa shape index (κ3) is 4.67. The van der Waals surface area contributed by atoms with Crippen LogP contribution in [0.2, 0.25) is 0 Å². The van der Waals surface area contributed by atoms with Crippen molar-refractivity contribution in [1.82, 2.24) is 4.98 Å². The average Bonchev–Trinajstić information content (AvgIpc) is 3.28. The third-order valence-corrected chi connectivity index (χ3v) is 6.64. The Hall–Kier alpha value is -1.10. The molecule has 5 rings (SSSR count). The van der Waals surface area contributed by atoms with Crippen LogP contribution in [0.15, 0.2) is 48.5 Å². The first-order valence-corrected chi connectivity index (χ1v) is 10.2. The van der Waals surface area contributed by atoms with Gasteiger partial charge in [-0.1, -0.05) is 18.6 Å². The zero-order valence-corrected chi connectivity index (χ0v) is 18.3. The first-order chi connectivity index (χ1) is 12.7. The van der Waals surface area contributed by atoms with Gasteiger partial charge in [-0.2, -0.15) is 11.3 Å². The van der Waals surface area contributed by atoms with Gasteiger partial charge < -0.3 is 10.2 Å². The molecule has 1 aromatic heterocycles. The SMILES string of the molecule is OC1CCCC2CCC(O)C12.[Ir].[c-]1ccccc1-c1nc2ccccc2s1. The molecular weight excluding hydrogens is 535 g/mol. The number of hydrogen-bond acceptors (Lipinski definition) is 4. The van der Waals surface area contributed by atoms with E-state index in [1.165, 1.54) is 11.1 Å². The van der Waals surface area contributed by atoms with Crippen molar-refractivity contribution in [2.45, 2.75) is 44.3 Å². The second-order valence-corrected chi connectivity index (χ2v) is 8.27. The number of hydrogen-bond donors (Lipinski definition) is 2. The van der Waals surface area contributed by atoms with E-state index in [4.69, 9.17) is 0 Å². The monoisotopic (exact) mass is 559 g/mol. The van der Waals surface area contributed by atoms with Crippen LogP contribution in [0.4, 0.5) is 0 Å². The molecule has 27 heavy (non-hydrogen) atoms. The molecule has 2 aromatic carbocycles. The van der Waals surface area contributed by atoms with Gasteiger partial charge in [-0.25, -0.2) is 0 Å². The van der Waals surface area contributed by atoms with Crippen LogP contribution in [0.1, 0.15) is 32.1 Å². The summed E-state index contributed by atoms with van der Waals surface area (Å²) < 4.78 is 1.23. The molecule has 3 nitrogen and oxygen atoms in total. The van der Waals surface area contributed by atoms with Crippen LogP contribution in [0, 0.1) is 17.9 Å². The van der Waals surface area contributed by atoms with Crippen LogP contribution in [0.25, 0.3) is 20.8 Å². The van der Waals surface area contributed by atoms with Crippen LogP contribution in [0.5, 0.6) is 0 Å². The minimum Gasteiger partial charge on any atom is -0.393 e. The molecular formula is C22H24IrNO2S-. The van der Waals surface area contributed by atoms with E-state index in [9.17, 15) is 10.2 Å². The summed E-state index contributed by atoms with van der Waals surface area (Å²) in [6, 6.07) is 19.3. The quantitative estimate of drug-likeness (QED) is 0.427. The molecule has 4 atom stereocenters. The zero-order valence-electron chi connectivity index (χ0n) is 15.0. The number of aliphatic hydroxyl groups is 2. The molecule has 1 heterocycles. The second-order valence-electron chi connectivity index (χ2n) is 7.24. The predicted octanol–water partition coefficient (Wildman–Crippen LogP) is 4.68. The summed E-state index contributed by atoms with van der Waals surface area (Å²) in [6.07, 6.45) is 4.88. The number of fused-ring (bicyclic) bond motifs is 2. The van der Waals surface area contributed by atoms with E-state index in [-0.39, 0.29) is 38.2 Å². The summed E-state index contributed by atoms with van der Waals surface area (Å²) in [5.41, 5.74) is 2.13. The van der Waals surface area contributed by atoms with Gasteiger partial charge in [0.25, 0.3) is 0 Å². The molecule has 2 saturated carbocycles. The normalized spacial score (nSPS) is 26.6. The van der Waals surface area contributed by atoms with Gasteiger partial charge in [-0.15, -0.1) is 35.9 Å². The Bertz CT molecular complexity index is 819. The van der Waals surface area contributed by atoms with Crippen LogP contribution >= 0.6 is 11.3 Å². The van der Waals surface area contributed by atoms with Gasteiger partial charge in [-0.3, -0.25) is 4.98 Å². The Morgan fingerprint density at radius 3 is 2.44 bits per heavy atom. The Morgan fingerprint density at radius 1 is 0.926 bits per heavy atom. The smallest absolute Gasteiger partial charge is 0.0697 e. The van der Waals surface area contributed by atoms with Gasteiger partial charge in [0, 0.05) is 35.7 Å². The molecule has 0 spiro atoms. The molecule has 2 fully saturated rings. The van der Waals surface area contributed by atoms with Gasteiger partial charge in [0.1, 0.15) is 0 Å². The molecule has 4 unspecified atom stereocenters. The molecule has 145 valence electrons. The van der Waals surface area contributed by atoms with E-state index in [2.05, 4.69) is 17.1 Å². The van der Waals surface area contributed by atoms with Crippen LogP contribution in [-0.2, 0) is 20.1 Å². The van der Waals surface area contributed by atoms with Gasteiger partial charge in [0.15, 0.2) is 0 Å². The number of nitrogens with zero attached hydrogens (tertiary/aromatic N) is 1. The van der Waals surface area contributed by atoms with Crippen molar-refractivity contribution in [2.24, 2.45) is 11.8 Å². The Kier molecular flexibility index (Phi) is 7.18. The summed E-state index contributed by atoms with van der Waals surface area (Å²) >= 11 is 1.71. The Balaban J connectivity index is 0.000000157. The maximum atomic E-state index is 9.59. The van der Waals surface area contributed by atoms with E-state index in [0.717, 1.165) is 41.8 Å². The fourth-order valence-electron chi connectivity index (χ4n) is 4.29. The number of para-hydroxylation sites is 1. The van der Waals surface area contributed by atoms with E-state index in [0.29, 0.717) is 5.92 Å². The minimum atomic E-state index is -0.216. The molecule has 2 aliphatic carbocycles. The van der Waals surface area contributed by atoms with Crippen LogP contribution in [0.3, 0.4) is 0 Å². The number of rotatable bonds is 1. The third-order valence-electron chi connectivity index (χ3n) is 5.57. The van der Waals surface area contributed by atoms with Crippen LogP contribution < -0.4 is 0 Å². The molecule has 2 aliphatic rings. The fourth-order valence-corrected chi connectivity index (χ4v) is 5.24. The van der Waals surface area contributed by atoms with Gasteiger partial charge in [0.2, 0.25) is 0 Å². The number of benzene rings is 2. The van der Waals surface area contributed by atoms with Crippen molar-refractivity contribution in [2.75, 3.05) is 0 Å². The van der Waals surface area contributed by atoms with Crippen molar-refractivity contribution in [3.63, 3.8) is 0 Å². The summed E-state index contributed by atoms with van der Waals surface area (Å²) in [4.78, 5) is 4.57. The van der Waals surface area contributed by atoms with Crippen molar-refractivity contribution in [3.05, 3.63) is 54.6 Å². The number of aromatic nitrogens is 1. The molecule has 2 N–H and O–H groups in total. The maximum absolute atomic E-state index is 9.59. The van der Waals surface area contributed by atoms with Gasteiger partial charge >= 0.3 is 0 Å². The zero-order chi connectivity index (χ0) is 17.9. The van der Waals surface area contributed by atoms with Crippen molar-refractivity contribution >= 4 is 21.6 Å². The molecule has 3 aromatic rings. The Morgan fingerprint density at radius 2 is 1.70 bits per heavy atom. The van der Waals surface area contributed by atoms with Crippen molar-refractivity contribution in [1.29, 1.82) is 0 Å². The molecule has 0 amide bonds. The topological polar surface area (TPSA) is 53.4 Å². The van der Waals surface area contributed by atoms with Crippen molar-refractivity contribution in [3.8, 4) is 10.6 Å². The van der Waals surface area contributed by atoms with E-state index in [1.54, 1.807) is 11.3 Å². The maximum Gasteiger partial charge on any atom is 0.0697 e. The first-order valence-electron chi connectivity index (χ1n) is 9.41. The van der Waals surface area contributed by atoms with Gasteiger partial charge in [-0.05, 0) is 43.7 Å². The fraction of sp³-hybridized carbons (Fsp3) is 0.409. The molecule has 0 aliphatic heterocycles. The van der Waals surface area contributed by atoms with Crippen molar-refractivity contribution < 1.29 is 30.3 Å². The summed E-state index contributed by atoms with van der Waals surface area (Å²) in [5.74, 6) is 0.831. The molecule has 5 heteroatoms. The summed E-state index contributed by atoms with van der Waals surface area (Å²) in [6.45, 7) is 0. The van der Waals surface area contributed by atoms with Gasteiger partial charge in [0.05, 0.1) is 17.7 Å². The average molecular weight is 559 g/mol. The number of thiazole rings is 1. The Labute approximate surface area is 177 Å². The standard InChI is InChI=1S/C13H8NS.C9H16O2.Ir/c1-2-6-10(7-3-1)13-14-11-8-4-5-9-12(11)15-13;10-7-3-1-2-6-4-5-8(11)9(6)7;/h1-6,8-9H;6-11H,1-5H2;/q-1;;. The van der Waals surface area contributed by atoms with E-state index >= 15 is 0 Å². The van der Waals surface area contributed by atoms with E-state index in [1.807, 2.05) is 42.5 Å². The molecule has 1 radical (unpaired) electrons. The summed E-state index contributed by atoms with van der Waals surface area (Å²) in [5, 5.41) is 20.2.